The molecule has 18 heavy (non-hydrogen) atoms. The minimum atomic E-state index is -1.76. The number of hydrogen-bond donors (Lipinski definition) is 3. The number of aliphatic carboxylic acids is 1. The molecule has 2 atom stereocenters. The van der Waals surface area contributed by atoms with E-state index in [4.69, 9.17) is 9.84 Å². The number of carbonyl (C=O) groups is 1. The summed E-state index contributed by atoms with van der Waals surface area (Å²) < 4.78 is 5.06. The lowest BCUT2D eigenvalue weighted by Crippen LogP contribution is -2.45. The molecule has 100 valence electrons. The first kappa shape index (κ1) is 14.5. The van der Waals surface area contributed by atoms with Gasteiger partial charge in [-0.15, -0.1) is 0 Å². The molecule has 0 bridgehead atoms. The average molecular weight is 253 g/mol. The van der Waals surface area contributed by atoms with Crippen molar-refractivity contribution in [1.29, 1.82) is 0 Å². The van der Waals surface area contributed by atoms with Crippen molar-refractivity contribution < 1.29 is 19.7 Å². The van der Waals surface area contributed by atoms with Crippen LogP contribution in [0.2, 0.25) is 0 Å². The molecule has 0 spiro atoms. The van der Waals surface area contributed by atoms with Gasteiger partial charge in [0, 0.05) is 12.6 Å². The minimum Gasteiger partial charge on any atom is -0.497 e. The Labute approximate surface area is 106 Å². The van der Waals surface area contributed by atoms with Crippen LogP contribution in [0.5, 0.6) is 5.75 Å². The molecule has 2 unspecified atom stereocenters. The topological polar surface area (TPSA) is 78.8 Å². The van der Waals surface area contributed by atoms with Crippen molar-refractivity contribution in [2.75, 3.05) is 13.7 Å². The van der Waals surface area contributed by atoms with E-state index in [1.807, 2.05) is 31.2 Å². The molecule has 0 saturated heterocycles. The van der Waals surface area contributed by atoms with Crippen LogP contribution in [-0.2, 0) is 4.79 Å². The maximum Gasteiger partial charge on any atom is 0.336 e. The van der Waals surface area contributed by atoms with E-state index in [9.17, 15) is 9.90 Å². The summed E-state index contributed by atoms with van der Waals surface area (Å²) in [6, 6.07) is 7.41. The van der Waals surface area contributed by atoms with Crippen molar-refractivity contribution in [1.82, 2.24) is 5.32 Å². The molecular formula is C13H19NO4. The lowest BCUT2D eigenvalue weighted by atomic mass is 10.0. The van der Waals surface area contributed by atoms with Crippen molar-refractivity contribution in [3.05, 3.63) is 29.8 Å². The summed E-state index contributed by atoms with van der Waals surface area (Å²) in [4.78, 5) is 10.7. The van der Waals surface area contributed by atoms with Crippen LogP contribution in [0.1, 0.15) is 25.5 Å². The van der Waals surface area contributed by atoms with Gasteiger partial charge in [-0.05, 0) is 31.5 Å². The maximum absolute atomic E-state index is 10.7. The molecule has 0 aliphatic carbocycles. The van der Waals surface area contributed by atoms with Gasteiger partial charge in [-0.3, -0.25) is 0 Å². The number of aliphatic hydroxyl groups is 1. The summed E-state index contributed by atoms with van der Waals surface area (Å²) in [7, 11) is 1.60. The Morgan fingerprint density at radius 1 is 1.44 bits per heavy atom. The third-order valence-electron chi connectivity index (χ3n) is 2.83. The molecule has 1 aromatic carbocycles. The van der Waals surface area contributed by atoms with Crippen LogP contribution in [0.4, 0.5) is 0 Å². The largest absolute Gasteiger partial charge is 0.497 e. The van der Waals surface area contributed by atoms with Gasteiger partial charge >= 0.3 is 5.97 Å². The monoisotopic (exact) mass is 253 g/mol. The Balaban J connectivity index is 2.59. The van der Waals surface area contributed by atoms with Crippen LogP contribution < -0.4 is 10.1 Å². The van der Waals surface area contributed by atoms with E-state index in [2.05, 4.69) is 5.32 Å². The summed E-state index contributed by atoms with van der Waals surface area (Å²) in [5.41, 5.74) is -0.766. The Bertz CT molecular complexity index is 400. The SMILES string of the molecule is COc1ccc(C(C)NCC(C)(O)C(=O)O)cc1. The average Bonchev–Trinajstić information content (AvgIpc) is 2.36. The molecule has 3 N–H and O–H groups in total. The summed E-state index contributed by atoms with van der Waals surface area (Å²) in [5.74, 6) is -0.472. The zero-order valence-electron chi connectivity index (χ0n) is 10.8. The van der Waals surface area contributed by atoms with Crippen LogP contribution >= 0.6 is 0 Å². The van der Waals surface area contributed by atoms with Gasteiger partial charge in [0.2, 0.25) is 0 Å². The van der Waals surface area contributed by atoms with Gasteiger partial charge in [-0.1, -0.05) is 12.1 Å². The molecule has 0 saturated carbocycles. The number of benzene rings is 1. The van der Waals surface area contributed by atoms with E-state index in [1.54, 1.807) is 7.11 Å². The quantitative estimate of drug-likeness (QED) is 0.709. The van der Waals surface area contributed by atoms with Gasteiger partial charge in [0.25, 0.3) is 0 Å². The lowest BCUT2D eigenvalue weighted by Gasteiger charge is -2.22. The second-order valence-electron chi connectivity index (χ2n) is 4.45. The molecule has 0 radical (unpaired) electrons. The zero-order valence-corrected chi connectivity index (χ0v) is 10.8. The first-order chi connectivity index (χ1) is 8.36. The van der Waals surface area contributed by atoms with Crippen molar-refractivity contribution in [2.24, 2.45) is 0 Å². The van der Waals surface area contributed by atoms with Gasteiger partial charge in [0.05, 0.1) is 7.11 Å². The lowest BCUT2D eigenvalue weighted by molar-refractivity contribution is -0.156. The predicted molar refractivity (Wildman–Crippen MR) is 67.7 cm³/mol. The van der Waals surface area contributed by atoms with Gasteiger partial charge in [-0.2, -0.15) is 0 Å². The fourth-order valence-electron chi connectivity index (χ4n) is 1.44. The van der Waals surface area contributed by atoms with Gasteiger partial charge < -0.3 is 20.3 Å². The number of nitrogens with one attached hydrogen (secondary N) is 1. The molecule has 0 fully saturated rings. The van der Waals surface area contributed by atoms with Gasteiger partial charge in [0.1, 0.15) is 5.75 Å². The van der Waals surface area contributed by atoms with Crippen LogP contribution in [0.15, 0.2) is 24.3 Å². The zero-order chi connectivity index (χ0) is 13.8. The van der Waals surface area contributed by atoms with Crippen molar-refractivity contribution in [3.8, 4) is 5.75 Å². The number of carboxylic acids is 1. The molecule has 0 aliphatic heterocycles. The molecule has 0 amide bonds. The molecule has 5 heteroatoms. The van der Waals surface area contributed by atoms with Crippen molar-refractivity contribution in [3.63, 3.8) is 0 Å². The summed E-state index contributed by atoms with van der Waals surface area (Å²) in [6.07, 6.45) is 0. The summed E-state index contributed by atoms with van der Waals surface area (Å²) in [5, 5.41) is 21.4. The van der Waals surface area contributed by atoms with Gasteiger partial charge in [-0.25, -0.2) is 4.79 Å². The second kappa shape index (κ2) is 5.84. The van der Waals surface area contributed by atoms with Crippen LogP contribution in [-0.4, -0.2) is 35.4 Å². The molecule has 5 nitrogen and oxygen atoms in total. The van der Waals surface area contributed by atoms with E-state index >= 15 is 0 Å². The fraction of sp³-hybridized carbons (Fsp3) is 0.462. The highest BCUT2D eigenvalue weighted by molar-refractivity contribution is 5.76. The number of methoxy groups -OCH3 is 1. The Morgan fingerprint density at radius 2 is 2.00 bits per heavy atom. The molecular weight excluding hydrogens is 234 g/mol. The first-order valence-corrected chi connectivity index (χ1v) is 5.70. The van der Waals surface area contributed by atoms with E-state index in [-0.39, 0.29) is 12.6 Å². The number of carboxylic acid groups (broad SMARTS) is 1. The highest BCUT2D eigenvalue weighted by Gasteiger charge is 2.29. The van der Waals surface area contributed by atoms with Crippen LogP contribution in [0.3, 0.4) is 0 Å². The third kappa shape index (κ3) is 3.72. The highest BCUT2D eigenvalue weighted by atomic mass is 16.5. The standard InChI is InChI=1S/C13H19NO4/c1-9(14-8-13(2,17)12(15)16)10-4-6-11(18-3)7-5-10/h4-7,9,14,17H,8H2,1-3H3,(H,15,16). The van der Waals surface area contributed by atoms with Crippen LogP contribution in [0.25, 0.3) is 0 Å². The number of rotatable bonds is 6. The fourth-order valence-corrected chi connectivity index (χ4v) is 1.44. The van der Waals surface area contributed by atoms with E-state index < -0.39 is 11.6 Å². The Morgan fingerprint density at radius 3 is 2.44 bits per heavy atom. The second-order valence-corrected chi connectivity index (χ2v) is 4.45. The summed E-state index contributed by atoms with van der Waals surface area (Å²) in [6.45, 7) is 3.15. The predicted octanol–water partition coefficient (Wildman–Crippen LogP) is 1.18. The smallest absolute Gasteiger partial charge is 0.336 e. The van der Waals surface area contributed by atoms with Crippen LogP contribution in [0, 0.1) is 0 Å². The van der Waals surface area contributed by atoms with Crippen molar-refractivity contribution in [2.45, 2.75) is 25.5 Å². The molecule has 0 aliphatic rings. The Kier molecular flexibility index (Phi) is 4.69. The Hall–Kier alpha value is -1.59. The maximum atomic E-state index is 10.7. The highest BCUT2D eigenvalue weighted by Crippen LogP contribution is 2.17. The van der Waals surface area contributed by atoms with E-state index in [1.165, 1.54) is 6.92 Å². The molecule has 0 aromatic heterocycles. The minimum absolute atomic E-state index is 0.0183. The molecule has 0 heterocycles. The van der Waals surface area contributed by atoms with Gasteiger partial charge in [0.15, 0.2) is 5.60 Å². The molecule has 1 rings (SSSR count). The van der Waals surface area contributed by atoms with E-state index in [0.29, 0.717) is 0 Å². The first-order valence-electron chi connectivity index (χ1n) is 5.70. The molecule has 1 aromatic rings. The summed E-state index contributed by atoms with van der Waals surface area (Å²) >= 11 is 0. The number of hydrogen-bond acceptors (Lipinski definition) is 4. The number of ether oxygens (including phenoxy) is 1. The normalized spacial score (nSPS) is 15.8. The third-order valence-corrected chi connectivity index (χ3v) is 2.83. The van der Waals surface area contributed by atoms with E-state index in [0.717, 1.165) is 11.3 Å². The van der Waals surface area contributed by atoms with Crippen molar-refractivity contribution >= 4 is 5.97 Å².